The molecule has 1 aromatic heterocycles. The Morgan fingerprint density at radius 2 is 2.08 bits per heavy atom. The number of nitrogens with one attached hydrogen (secondary N) is 1. The van der Waals surface area contributed by atoms with Crippen LogP contribution in [-0.2, 0) is 16.1 Å². The van der Waals surface area contributed by atoms with Gasteiger partial charge in [-0.25, -0.2) is 4.98 Å². The molecule has 8 heteroatoms. The van der Waals surface area contributed by atoms with E-state index in [0.29, 0.717) is 11.6 Å². The van der Waals surface area contributed by atoms with Crippen LogP contribution >= 0.6 is 34.7 Å². The van der Waals surface area contributed by atoms with Gasteiger partial charge in [0, 0.05) is 41.4 Å². The third-order valence-corrected chi connectivity index (χ3v) is 6.07. The lowest BCUT2D eigenvalue weighted by Gasteiger charge is -2.25. The summed E-state index contributed by atoms with van der Waals surface area (Å²) in [4.78, 5) is 20.1. The molecule has 140 valence electrons. The van der Waals surface area contributed by atoms with Gasteiger partial charge in [0.15, 0.2) is 5.13 Å². The molecule has 2 aromatic rings. The van der Waals surface area contributed by atoms with Crippen molar-refractivity contribution < 1.29 is 9.53 Å². The van der Waals surface area contributed by atoms with Crippen LogP contribution in [0.15, 0.2) is 34.5 Å². The second-order valence-electron chi connectivity index (χ2n) is 5.99. The van der Waals surface area contributed by atoms with Crippen molar-refractivity contribution in [2.24, 2.45) is 0 Å². The maximum Gasteiger partial charge on any atom is 0.226 e. The third kappa shape index (κ3) is 6.55. The maximum atomic E-state index is 12.1. The van der Waals surface area contributed by atoms with Gasteiger partial charge >= 0.3 is 0 Å². The number of benzene rings is 1. The van der Waals surface area contributed by atoms with E-state index in [1.807, 2.05) is 29.6 Å². The lowest BCUT2D eigenvalue weighted by molar-refractivity contribution is -0.116. The predicted molar refractivity (Wildman–Crippen MR) is 108 cm³/mol. The third-order valence-electron chi connectivity index (χ3n) is 3.92. The molecule has 1 N–H and O–H groups in total. The monoisotopic (exact) mass is 411 g/mol. The van der Waals surface area contributed by atoms with Gasteiger partial charge in [0.05, 0.1) is 18.9 Å². The Balaban J connectivity index is 1.34. The number of thiazole rings is 1. The van der Waals surface area contributed by atoms with Crippen molar-refractivity contribution in [2.75, 3.05) is 37.4 Å². The number of aromatic nitrogens is 1. The number of morpholine rings is 1. The summed E-state index contributed by atoms with van der Waals surface area (Å²) in [5, 5.41) is 6.34. The zero-order chi connectivity index (χ0) is 18.2. The number of thioether (sulfide) groups is 1. The highest BCUT2D eigenvalue weighted by Gasteiger charge is 2.13. The molecular formula is C18H22ClN3O2S2. The second kappa shape index (κ2) is 10.3. The van der Waals surface area contributed by atoms with E-state index < -0.39 is 0 Å². The molecule has 0 saturated carbocycles. The Kier molecular flexibility index (Phi) is 7.76. The fourth-order valence-electron chi connectivity index (χ4n) is 2.56. The highest BCUT2D eigenvalue weighted by molar-refractivity contribution is 7.99. The van der Waals surface area contributed by atoms with E-state index in [1.54, 1.807) is 11.8 Å². The van der Waals surface area contributed by atoms with E-state index in [2.05, 4.69) is 15.2 Å². The van der Waals surface area contributed by atoms with Crippen molar-refractivity contribution in [1.82, 2.24) is 9.88 Å². The molecule has 1 aromatic carbocycles. The molecule has 5 nitrogen and oxygen atoms in total. The van der Waals surface area contributed by atoms with Crippen LogP contribution in [0, 0.1) is 0 Å². The summed E-state index contributed by atoms with van der Waals surface area (Å²) in [6, 6.07) is 7.76. The van der Waals surface area contributed by atoms with E-state index in [-0.39, 0.29) is 5.91 Å². The van der Waals surface area contributed by atoms with E-state index in [9.17, 15) is 4.79 Å². The zero-order valence-electron chi connectivity index (χ0n) is 14.4. The maximum absolute atomic E-state index is 12.1. The Morgan fingerprint density at radius 1 is 1.31 bits per heavy atom. The first-order chi connectivity index (χ1) is 12.7. The van der Waals surface area contributed by atoms with Crippen LogP contribution in [0.4, 0.5) is 5.13 Å². The number of carbonyl (C=O) groups excluding carboxylic acids is 1. The lowest BCUT2D eigenvalue weighted by Crippen LogP contribution is -2.35. The van der Waals surface area contributed by atoms with Gasteiger partial charge in [-0.15, -0.1) is 23.1 Å². The minimum absolute atomic E-state index is 0.0222. The molecular weight excluding hydrogens is 390 g/mol. The molecule has 0 aliphatic carbocycles. The molecule has 0 spiro atoms. The van der Waals surface area contributed by atoms with Crippen LogP contribution in [0.1, 0.15) is 18.5 Å². The van der Waals surface area contributed by atoms with Gasteiger partial charge in [0.25, 0.3) is 0 Å². The van der Waals surface area contributed by atoms with Gasteiger partial charge in [0.2, 0.25) is 5.91 Å². The number of amides is 1. The van der Waals surface area contributed by atoms with E-state index >= 15 is 0 Å². The summed E-state index contributed by atoms with van der Waals surface area (Å²) in [5.41, 5.74) is 1.01. The van der Waals surface area contributed by atoms with Crippen molar-refractivity contribution in [2.45, 2.75) is 24.3 Å². The predicted octanol–water partition coefficient (Wildman–Crippen LogP) is 4.14. The van der Waals surface area contributed by atoms with Gasteiger partial charge in [-0.1, -0.05) is 11.6 Å². The molecule has 1 amide bonds. The summed E-state index contributed by atoms with van der Waals surface area (Å²) in [5.74, 6) is 0.920. The van der Waals surface area contributed by atoms with Crippen molar-refractivity contribution in [3.05, 3.63) is 40.4 Å². The van der Waals surface area contributed by atoms with Gasteiger partial charge in [-0.2, -0.15) is 0 Å². The summed E-state index contributed by atoms with van der Waals surface area (Å²) < 4.78 is 5.35. The molecule has 0 radical (unpaired) electrons. The molecule has 26 heavy (non-hydrogen) atoms. The molecule has 1 aliphatic heterocycles. The summed E-state index contributed by atoms with van der Waals surface area (Å²) >= 11 is 9.09. The van der Waals surface area contributed by atoms with Crippen LogP contribution < -0.4 is 5.32 Å². The average molecular weight is 412 g/mol. The molecule has 0 atom stereocenters. The summed E-state index contributed by atoms with van der Waals surface area (Å²) in [7, 11) is 0. The highest BCUT2D eigenvalue weighted by atomic mass is 35.5. The number of halogens is 1. The van der Waals surface area contributed by atoms with Gasteiger partial charge in [0.1, 0.15) is 0 Å². The second-order valence-corrected chi connectivity index (χ2v) is 8.45. The number of hydrogen-bond donors (Lipinski definition) is 1. The normalized spacial score (nSPS) is 15.1. The largest absolute Gasteiger partial charge is 0.379 e. The quantitative estimate of drug-likeness (QED) is 0.522. The number of anilines is 1. The average Bonchev–Trinajstić information content (AvgIpc) is 3.08. The zero-order valence-corrected chi connectivity index (χ0v) is 16.8. The van der Waals surface area contributed by atoms with Crippen LogP contribution in [0.5, 0.6) is 0 Å². The molecule has 0 bridgehead atoms. The Hall–Kier alpha value is -1.12. The van der Waals surface area contributed by atoms with Crippen LogP contribution in [0.25, 0.3) is 0 Å². The van der Waals surface area contributed by atoms with Crippen molar-refractivity contribution in [1.29, 1.82) is 0 Å². The van der Waals surface area contributed by atoms with Gasteiger partial charge < -0.3 is 10.1 Å². The minimum atomic E-state index is 0.0222. The molecule has 1 fully saturated rings. The number of rotatable bonds is 8. The van der Waals surface area contributed by atoms with Crippen molar-refractivity contribution in [3.8, 4) is 0 Å². The van der Waals surface area contributed by atoms with Crippen LogP contribution in [-0.4, -0.2) is 47.8 Å². The number of nitrogens with zero attached hydrogens (tertiary/aromatic N) is 2. The summed E-state index contributed by atoms with van der Waals surface area (Å²) in [6.45, 7) is 4.24. The topological polar surface area (TPSA) is 54.5 Å². The smallest absolute Gasteiger partial charge is 0.226 e. The van der Waals surface area contributed by atoms with E-state index in [1.165, 1.54) is 16.2 Å². The van der Waals surface area contributed by atoms with E-state index in [4.69, 9.17) is 16.3 Å². The van der Waals surface area contributed by atoms with Crippen molar-refractivity contribution >= 4 is 45.7 Å². The fraction of sp³-hybridized carbons (Fsp3) is 0.444. The molecule has 1 aliphatic rings. The Bertz CT molecular complexity index is 703. The minimum Gasteiger partial charge on any atom is -0.379 e. The van der Waals surface area contributed by atoms with E-state index in [0.717, 1.165) is 55.7 Å². The van der Waals surface area contributed by atoms with Crippen molar-refractivity contribution in [3.63, 3.8) is 0 Å². The lowest BCUT2D eigenvalue weighted by atomic mass is 10.3. The molecule has 2 heterocycles. The molecule has 0 unspecified atom stereocenters. The van der Waals surface area contributed by atoms with Crippen LogP contribution in [0.3, 0.4) is 0 Å². The number of hydrogen-bond acceptors (Lipinski definition) is 6. The first-order valence-corrected chi connectivity index (χ1v) is 10.9. The Labute approximate surface area is 167 Å². The Morgan fingerprint density at radius 3 is 2.85 bits per heavy atom. The number of ether oxygens (including phenoxy) is 1. The molecule has 1 saturated heterocycles. The fourth-order valence-corrected chi connectivity index (χ4v) is 4.26. The highest BCUT2D eigenvalue weighted by Crippen LogP contribution is 2.22. The SMILES string of the molecule is O=C(CCCSc1ccc(Cl)cc1)Nc1nc(CN2CCOCC2)cs1. The first-order valence-electron chi connectivity index (χ1n) is 8.62. The standard InChI is InChI=1S/C18H22ClN3O2S2/c19-14-3-5-16(6-4-14)25-11-1-2-17(23)21-18-20-15(13-26-18)12-22-7-9-24-10-8-22/h3-6,13H,1-2,7-12H2,(H,20,21,23). The number of carbonyl (C=O) groups is 1. The van der Waals surface area contributed by atoms with Gasteiger partial charge in [-0.05, 0) is 36.4 Å². The summed E-state index contributed by atoms with van der Waals surface area (Å²) in [6.07, 6.45) is 1.32. The molecule has 3 rings (SSSR count). The first kappa shape index (κ1) is 19.6. The van der Waals surface area contributed by atoms with Gasteiger partial charge in [-0.3, -0.25) is 9.69 Å². The van der Waals surface area contributed by atoms with Crippen LogP contribution in [0.2, 0.25) is 5.02 Å².